The average Bonchev–Trinajstić information content (AvgIpc) is 2.63. The molecule has 2 aromatic rings. The number of amides is 1. The topological polar surface area (TPSA) is 84.5 Å². The van der Waals surface area contributed by atoms with E-state index in [2.05, 4.69) is 10.0 Å². The highest BCUT2D eigenvalue weighted by atomic mass is 35.5. The van der Waals surface area contributed by atoms with Gasteiger partial charge in [-0.3, -0.25) is 4.79 Å². The Labute approximate surface area is 171 Å². The fourth-order valence-corrected chi connectivity index (χ4v) is 4.20. The largest absolute Gasteiger partial charge is 0.492 e. The number of nitrogens with one attached hydrogen (secondary N) is 2. The molecule has 0 radical (unpaired) electrons. The van der Waals surface area contributed by atoms with Crippen LogP contribution in [-0.2, 0) is 10.0 Å². The van der Waals surface area contributed by atoms with Crippen molar-refractivity contribution >= 4 is 33.2 Å². The van der Waals surface area contributed by atoms with Crippen LogP contribution >= 0.6 is 11.6 Å². The van der Waals surface area contributed by atoms with Crippen LogP contribution in [0.25, 0.3) is 0 Å². The number of ether oxygens (including phenoxy) is 1. The fraction of sp³-hybridized carbons (Fsp3) is 0.350. The summed E-state index contributed by atoms with van der Waals surface area (Å²) in [5, 5.41) is 3.15. The van der Waals surface area contributed by atoms with E-state index in [-0.39, 0.29) is 16.6 Å². The first-order valence-corrected chi connectivity index (χ1v) is 11.0. The van der Waals surface area contributed by atoms with Gasteiger partial charge in [-0.2, -0.15) is 0 Å². The summed E-state index contributed by atoms with van der Waals surface area (Å²) >= 11 is 5.94. The van der Waals surface area contributed by atoms with Crippen molar-refractivity contribution in [1.82, 2.24) is 4.72 Å². The first-order chi connectivity index (χ1) is 13.3. The van der Waals surface area contributed by atoms with Crippen LogP contribution in [0, 0.1) is 0 Å². The predicted molar refractivity (Wildman–Crippen MR) is 112 cm³/mol. The van der Waals surface area contributed by atoms with Gasteiger partial charge in [0.2, 0.25) is 10.0 Å². The molecule has 0 saturated heterocycles. The molecule has 0 saturated carbocycles. The molecule has 0 spiro atoms. The van der Waals surface area contributed by atoms with Crippen LogP contribution in [0.5, 0.6) is 5.75 Å². The lowest BCUT2D eigenvalue weighted by Crippen LogP contribution is -2.32. The van der Waals surface area contributed by atoms with E-state index in [0.29, 0.717) is 22.9 Å². The third kappa shape index (κ3) is 5.95. The zero-order valence-electron chi connectivity index (χ0n) is 16.2. The summed E-state index contributed by atoms with van der Waals surface area (Å²) < 4.78 is 33.5. The van der Waals surface area contributed by atoms with Gasteiger partial charge in [0.15, 0.2) is 0 Å². The summed E-state index contributed by atoms with van der Waals surface area (Å²) in [6.07, 6.45) is 1.60. The van der Waals surface area contributed by atoms with Gasteiger partial charge in [0.05, 0.1) is 17.2 Å². The summed E-state index contributed by atoms with van der Waals surface area (Å²) in [7, 11) is -3.72. The monoisotopic (exact) mass is 424 g/mol. The Bertz CT molecular complexity index is 932. The first kappa shape index (κ1) is 22.2. The van der Waals surface area contributed by atoms with E-state index in [1.807, 2.05) is 13.8 Å². The van der Waals surface area contributed by atoms with Crippen molar-refractivity contribution in [2.45, 2.75) is 44.6 Å². The highest BCUT2D eigenvalue weighted by molar-refractivity contribution is 7.89. The van der Waals surface area contributed by atoms with Gasteiger partial charge in [-0.1, -0.05) is 31.0 Å². The van der Waals surface area contributed by atoms with Crippen LogP contribution in [0.3, 0.4) is 0 Å². The van der Waals surface area contributed by atoms with Crippen molar-refractivity contribution in [2.75, 3.05) is 11.9 Å². The van der Waals surface area contributed by atoms with E-state index in [1.54, 1.807) is 25.1 Å². The van der Waals surface area contributed by atoms with Crippen LogP contribution in [-0.4, -0.2) is 27.0 Å². The van der Waals surface area contributed by atoms with E-state index >= 15 is 0 Å². The Hall–Kier alpha value is -2.09. The minimum atomic E-state index is -3.72. The molecule has 2 N–H and O–H groups in total. The van der Waals surface area contributed by atoms with Gasteiger partial charge < -0.3 is 10.1 Å². The number of halogens is 1. The van der Waals surface area contributed by atoms with Crippen molar-refractivity contribution in [3.63, 3.8) is 0 Å². The quantitative estimate of drug-likeness (QED) is 0.622. The number of benzene rings is 2. The van der Waals surface area contributed by atoms with Crippen molar-refractivity contribution in [1.29, 1.82) is 0 Å². The molecule has 0 unspecified atom stereocenters. The molecule has 0 aliphatic carbocycles. The van der Waals surface area contributed by atoms with Crippen LogP contribution in [0.1, 0.15) is 44.0 Å². The van der Waals surface area contributed by atoms with Gasteiger partial charge in [0.1, 0.15) is 5.75 Å². The molecule has 0 fully saturated rings. The van der Waals surface area contributed by atoms with Gasteiger partial charge in [-0.05, 0) is 56.7 Å². The molecule has 0 bridgehead atoms. The molecule has 152 valence electrons. The molecule has 0 aliphatic rings. The fourth-order valence-electron chi connectivity index (χ4n) is 2.70. The van der Waals surface area contributed by atoms with Crippen LogP contribution < -0.4 is 14.8 Å². The van der Waals surface area contributed by atoms with Crippen LogP contribution in [0.15, 0.2) is 47.4 Å². The molecule has 0 aromatic heterocycles. The summed E-state index contributed by atoms with van der Waals surface area (Å²) in [4.78, 5) is 12.6. The maximum absolute atomic E-state index is 12.7. The van der Waals surface area contributed by atoms with E-state index < -0.39 is 15.9 Å². The second kappa shape index (κ2) is 9.91. The lowest BCUT2D eigenvalue weighted by Gasteiger charge is -2.16. The van der Waals surface area contributed by atoms with Crippen molar-refractivity contribution in [3.05, 3.63) is 53.1 Å². The van der Waals surface area contributed by atoms with E-state index in [9.17, 15) is 13.2 Å². The Morgan fingerprint density at radius 2 is 1.93 bits per heavy atom. The zero-order chi connectivity index (χ0) is 20.7. The predicted octanol–water partition coefficient (Wildman–Crippen LogP) is 4.46. The second-order valence-electron chi connectivity index (χ2n) is 6.37. The van der Waals surface area contributed by atoms with Gasteiger partial charge >= 0.3 is 0 Å². The van der Waals surface area contributed by atoms with Gasteiger partial charge in [0, 0.05) is 16.6 Å². The summed E-state index contributed by atoms with van der Waals surface area (Å²) in [6, 6.07) is 10.7. The molecule has 0 heterocycles. The Morgan fingerprint density at radius 3 is 2.57 bits per heavy atom. The molecule has 0 aliphatic heterocycles. The second-order valence-corrected chi connectivity index (χ2v) is 8.52. The highest BCUT2D eigenvalue weighted by Gasteiger charge is 2.20. The highest BCUT2D eigenvalue weighted by Crippen LogP contribution is 2.29. The lowest BCUT2D eigenvalue weighted by atomic mass is 10.2. The van der Waals surface area contributed by atoms with E-state index in [4.69, 9.17) is 16.3 Å². The Balaban J connectivity index is 2.33. The van der Waals surface area contributed by atoms with E-state index in [1.165, 1.54) is 24.3 Å². The lowest BCUT2D eigenvalue weighted by molar-refractivity contribution is 0.102. The number of carbonyl (C=O) groups is 1. The molecule has 1 atom stereocenters. The minimum absolute atomic E-state index is 0.0558. The van der Waals surface area contributed by atoms with Crippen molar-refractivity contribution < 1.29 is 17.9 Å². The van der Waals surface area contributed by atoms with Gasteiger partial charge in [0.25, 0.3) is 5.91 Å². The maximum atomic E-state index is 12.7. The molecular weight excluding hydrogens is 400 g/mol. The molecule has 8 heteroatoms. The summed E-state index contributed by atoms with van der Waals surface area (Å²) in [5.41, 5.74) is 0.635. The zero-order valence-corrected chi connectivity index (χ0v) is 17.7. The Morgan fingerprint density at radius 1 is 1.18 bits per heavy atom. The minimum Gasteiger partial charge on any atom is -0.492 e. The van der Waals surface area contributed by atoms with Gasteiger partial charge in [-0.25, -0.2) is 13.1 Å². The number of anilines is 1. The third-order valence-corrected chi connectivity index (χ3v) is 5.80. The average molecular weight is 425 g/mol. The van der Waals surface area contributed by atoms with Crippen molar-refractivity contribution in [2.24, 2.45) is 0 Å². The number of carbonyl (C=O) groups excluding carboxylic acids is 1. The van der Waals surface area contributed by atoms with E-state index in [0.717, 1.165) is 12.8 Å². The van der Waals surface area contributed by atoms with Crippen molar-refractivity contribution in [3.8, 4) is 5.75 Å². The number of rotatable bonds is 9. The van der Waals surface area contributed by atoms with Crippen LogP contribution in [0.4, 0.5) is 5.69 Å². The number of sulfonamides is 1. The molecular formula is C20H25ClN2O4S. The summed E-state index contributed by atoms with van der Waals surface area (Å²) in [5.74, 6) is -0.0243. The number of hydrogen-bond donors (Lipinski definition) is 2. The third-order valence-electron chi connectivity index (χ3n) is 3.97. The SMILES string of the molecule is CCC[C@H](C)NS(=O)(=O)c1ccc(OCC)c(NC(=O)c2cccc(Cl)c2)c1. The number of hydrogen-bond acceptors (Lipinski definition) is 4. The molecule has 6 nitrogen and oxygen atoms in total. The smallest absolute Gasteiger partial charge is 0.255 e. The molecule has 1 amide bonds. The van der Waals surface area contributed by atoms with Crippen LogP contribution in [0.2, 0.25) is 5.02 Å². The maximum Gasteiger partial charge on any atom is 0.255 e. The summed E-state index contributed by atoms with van der Waals surface area (Å²) in [6.45, 7) is 5.99. The molecule has 2 rings (SSSR count). The standard InChI is InChI=1S/C20H25ClN2O4S/c1-4-7-14(3)23-28(25,26)17-10-11-19(27-5-2)18(13-17)22-20(24)15-8-6-9-16(21)12-15/h6,8-14,23H,4-5,7H2,1-3H3,(H,22,24)/t14-/m0/s1. The van der Waals surface area contributed by atoms with Gasteiger partial charge in [-0.15, -0.1) is 0 Å². The Kier molecular flexibility index (Phi) is 7.86. The molecule has 2 aromatic carbocycles. The first-order valence-electron chi connectivity index (χ1n) is 9.13. The molecule has 28 heavy (non-hydrogen) atoms. The normalized spacial score (nSPS) is 12.4.